The first-order valence-corrected chi connectivity index (χ1v) is 10.9. The van der Waals surface area contributed by atoms with Crippen molar-refractivity contribution in [2.75, 3.05) is 0 Å². The molecule has 4 heteroatoms. The Morgan fingerprint density at radius 3 is 0.821 bits per heavy atom. The first-order valence-electron chi connectivity index (χ1n) is 10.9. The van der Waals surface area contributed by atoms with Crippen LogP contribution in [0.4, 0.5) is 0 Å². The van der Waals surface area contributed by atoms with Crippen molar-refractivity contribution in [1.82, 2.24) is 0 Å². The minimum absolute atomic E-state index is 0.0273. The van der Waals surface area contributed by atoms with E-state index in [1.165, 1.54) is 0 Å². The Bertz CT molecular complexity index is 457. The van der Waals surface area contributed by atoms with Gasteiger partial charge in [0, 0.05) is 11.8 Å². The lowest BCUT2D eigenvalue weighted by molar-refractivity contribution is -0.287. The molecule has 1 fully saturated rings. The van der Waals surface area contributed by atoms with E-state index in [9.17, 15) is 0 Å². The van der Waals surface area contributed by atoms with E-state index in [-0.39, 0.29) is 58.7 Å². The van der Waals surface area contributed by atoms with Crippen LogP contribution in [0.3, 0.4) is 0 Å². The fraction of sp³-hybridized carbons (Fsp3) is 1.00. The minimum atomic E-state index is -0.291. The third-order valence-corrected chi connectivity index (χ3v) is 4.68. The van der Waals surface area contributed by atoms with Crippen molar-refractivity contribution in [3.05, 3.63) is 0 Å². The van der Waals surface area contributed by atoms with Crippen LogP contribution in [0.15, 0.2) is 0 Å². The van der Waals surface area contributed by atoms with Crippen LogP contribution >= 0.6 is 0 Å². The molecule has 0 radical (unpaired) electrons. The highest BCUT2D eigenvalue weighted by Crippen LogP contribution is 2.42. The van der Waals surface area contributed by atoms with Crippen molar-refractivity contribution >= 4 is 0 Å². The predicted molar refractivity (Wildman–Crippen MR) is 117 cm³/mol. The van der Waals surface area contributed by atoms with Gasteiger partial charge in [0.2, 0.25) is 0 Å². The van der Waals surface area contributed by atoms with E-state index in [0.717, 1.165) is 0 Å². The van der Waals surface area contributed by atoms with Gasteiger partial charge >= 0.3 is 0 Å². The summed E-state index contributed by atoms with van der Waals surface area (Å²) in [4.78, 5) is 0. The second-order valence-corrected chi connectivity index (χ2v) is 12.5. The molecule has 168 valence electrons. The molecule has 4 nitrogen and oxygen atoms in total. The Morgan fingerprint density at radius 1 is 0.357 bits per heavy atom. The highest BCUT2D eigenvalue weighted by Gasteiger charge is 2.53. The largest absolute Gasteiger partial charge is 0.372 e. The van der Waals surface area contributed by atoms with Gasteiger partial charge in [-0.1, -0.05) is 13.8 Å². The average molecular weight is 401 g/mol. The molecule has 0 bridgehead atoms. The third kappa shape index (κ3) is 8.30. The van der Waals surface area contributed by atoms with E-state index < -0.39 is 0 Å². The summed E-state index contributed by atoms with van der Waals surface area (Å²) in [5.41, 5.74) is -1.08. The summed E-state index contributed by atoms with van der Waals surface area (Å²) < 4.78 is 26.4. The zero-order chi connectivity index (χ0) is 22.3. The fourth-order valence-electron chi connectivity index (χ4n) is 3.97. The van der Waals surface area contributed by atoms with Gasteiger partial charge in [0.05, 0.1) is 40.7 Å². The highest BCUT2D eigenvalue weighted by atomic mass is 16.6. The predicted octanol–water partition coefficient (Wildman–Crippen LogP) is 6.01. The van der Waals surface area contributed by atoms with Crippen molar-refractivity contribution in [3.63, 3.8) is 0 Å². The van der Waals surface area contributed by atoms with Gasteiger partial charge in [-0.2, -0.15) is 0 Å². The molecule has 0 aliphatic heterocycles. The molecule has 1 rings (SSSR count). The van der Waals surface area contributed by atoms with Gasteiger partial charge in [0.25, 0.3) is 0 Å². The molecule has 4 unspecified atom stereocenters. The molecule has 0 spiro atoms. The number of ether oxygens (including phenoxy) is 4. The van der Waals surface area contributed by atoms with E-state index in [1.54, 1.807) is 0 Å². The van der Waals surface area contributed by atoms with Crippen LogP contribution in [-0.4, -0.2) is 46.8 Å². The van der Waals surface area contributed by atoms with Crippen molar-refractivity contribution in [2.24, 2.45) is 11.8 Å². The second kappa shape index (κ2) is 8.53. The lowest BCUT2D eigenvalue weighted by Gasteiger charge is -2.53. The fourth-order valence-corrected chi connectivity index (χ4v) is 3.97. The lowest BCUT2D eigenvalue weighted by atomic mass is 9.73. The maximum atomic E-state index is 6.61. The second-order valence-electron chi connectivity index (χ2n) is 12.5. The van der Waals surface area contributed by atoms with Gasteiger partial charge in [0.15, 0.2) is 0 Å². The van der Waals surface area contributed by atoms with E-state index in [2.05, 4.69) is 96.9 Å². The SMILES string of the molecule is CC1C(OC(C)(C)C)C(C)C(OC(C)(C)C)C(OC(C)(C)C)C1OC(C)(C)C. The number of hydrogen-bond acceptors (Lipinski definition) is 4. The topological polar surface area (TPSA) is 36.9 Å². The molecular formula is C24H48O4. The molecule has 0 amide bonds. The Balaban J connectivity index is 3.42. The van der Waals surface area contributed by atoms with Crippen LogP contribution in [0, 0.1) is 11.8 Å². The summed E-state index contributed by atoms with van der Waals surface area (Å²) in [6.45, 7) is 29.7. The van der Waals surface area contributed by atoms with Crippen molar-refractivity contribution < 1.29 is 18.9 Å². The van der Waals surface area contributed by atoms with Crippen LogP contribution < -0.4 is 0 Å². The van der Waals surface area contributed by atoms with Gasteiger partial charge in [-0.05, 0) is 83.1 Å². The van der Waals surface area contributed by atoms with E-state index in [0.29, 0.717) is 0 Å². The minimum Gasteiger partial charge on any atom is -0.372 e. The average Bonchev–Trinajstić information content (AvgIpc) is 2.39. The Kier molecular flexibility index (Phi) is 7.88. The molecule has 1 saturated carbocycles. The third-order valence-electron chi connectivity index (χ3n) is 4.68. The molecule has 0 aromatic carbocycles. The maximum Gasteiger partial charge on any atom is 0.111 e. The van der Waals surface area contributed by atoms with E-state index in [1.807, 2.05) is 0 Å². The summed E-state index contributed by atoms with van der Waals surface area (Å²) in [5.74, 6) is 0.362. The molecule has 1 aliphatic carbocycles. The zero-order valence-electron chi connectivity index (χ0n) is 21.1. The van der Waals surface area contributed by atoms with E-state index >= 15 is 0 Å². The smallest absolute Gasteiger partial charge is 0.111 e. The molecule has 0 heterocycles. The standard InChI is InChI=1S/C24H48O4/c1-15-17(25-21(3,4)5)16(2)19(27-23(9,10)11)20(28-24(12,13)14)18(15)26-22(6,7)8/h15-20H,1-14H3. The van der Waals surface area contributed by atoms with Gasteiger partial charge in [-0.3, -0.25) is 0 Å². The summed E-state index contributed by atoms with van der Waals surface area (Å²) in [6.07, 6.45) is -0.368. The molecule has 4 atom stereocenters. The number of hydrogen-bond donors (Lipinski definition) is 0. The monoisotopic (exact) mass is 400 g/mol. The molecule has 0 aromatic rings. The Hall–Kier alpha value is -0.160. The normalized spacial score (nSPS) is 33.2. The van der Waals surface area contributed by atoms with Gasteiger partial charge in [0.1, 0.15) is 6.10 Å². The van der Waals surface area contributed by atoms with Crippen LogP contribution in [-0.2, 0) is 18.9 Å². The summed E-state index contributed by atoms with van der Waals surface area (Å²) in [6, 6.07) is 0. The molecule has 28 heavy (non-hydrogen) atoms. The molecular weight excluding hydrogens is 352 g/mol. The van der Waals surface area contributed by atoms with Gasteiger partial charge in [-0.15, -0.1) is 0 Å². The molecule has 0 saturated heterocycles. The van der Waals surface area contributed by atoms with Gasteiger partial charge in [-0.25, -0.2) is 0 Å². The highest BCUT2D eigenvalue weighted by molar-refractivity contribution is 5.01. The van der Waals surface area contributed by atoms with Crippen LogP contribution in [0.5, 0.6) is 0 Å². The van der Waals surface area contributed by atoms with Gasteiger partial charge < -0.3 is 18.9 Å². The summed E-state index contributed by atoms with van der Waals surface area (Å²) in [5, 5.41) is 0. The quantitative estimate of drug-likeness (QED) is 0.579. The molecule has 1 aliphatic rings. The lowest BCUT2D eigenvalue weighted by Crippen LogP contribution is -2.63. The van der Waals surface area contributed by atoms with Crippen LogP contribution in [0.1, 0.15) is 96.9 Å². The first-order chi connectivity index (χ1) is 12.2. The molecule has 0 aromatic heterocycles. The molecule has 0 N–H and O–H groups in total. The van der Waals surface area contributed by atoms with Crippen molar-refractivity contribution in [1.29, 1.82) is 0 Å². The Morgan fingerprint density at radius 2 is 0.571 bits per heavy atom. The summed E-state index contributed by atoms with van der Waals surface area (Å²) >= 11 is 0. The Labute approximate surface area is 175 Å². The van der Waals surface area contributed by atoms with E-state index in [4.69, 9.17) is 18.9 Å². The summed E-state index contributed by atoms with van der Waals surface area (Å²) in [7, 11) is 0. The van der Waals surface area contributed by atoms with Crippen LogP contribution in [0.2, 0.25) is 0 Å². The first kappa shape index (κ1) is 25.9. The van der Waals surface area contributed by atoms with Crippen molar-refractivity contribution in [2.45, 2.75) is 144 Å². The van der Waals surface area contributed by atoms with Crippen molar-refractivity contribution in [3.8, 4) is 0 Å². The maximum absolute atomic E-state index is 6.61. The zero-order valence-corrected chi connectivity index (χ0v) is 21.1. The number of rotatable bonds is 4. The van der Waals surface area contributed by atoms with Crippen LogP contribution in [0.25, 0.3) is 0 Å².